The van der Waals surface area contributed by atoms with E-state index in [9.17, 15) is 14.7 Å². The number of carbonyl (C=O) groups excluding carboxylic acids is 1. The maximum Gasteiger partial charge on any atom is 0.326 e. The minimum atomic E-state index is -1.11. The molecule has 1 fully saturated rings. The fraction of sp³-hybridized carbons (Fsp3) is 0.429. The van der Waals surface area contributed by atoms with Crippen LogP contribution in [-0.4, -0.2) is 59.9 Å². The number of aliphatic carboxylic acids is 1. The second kappa shape index (κ2) is 6.01. The number of likely N-dealkylation sites (tertiary alicyclic amines) is 1. The van der Waals surface area contributed by atoms with Crippen LogP contribution in [0.1, 0.15) is 6.42 Å². The fourth-order valence-corrected chi connectivity index (χ4v) is 2.43. The van der Waals surface area contributed by atoms with Gasteiger partial charge >= 0.3 is 12.0 Å². The summed E-state index contributed by atoms with van der Waals surface area (Å²) in [5, 5.41) is 21.4. The van der Waals surface area contributed by atoms with E-state index in [1.165, 1.54) is 0 Å². The number of nitrogens with one attached hydrogen (secondary N) is 1. The van der Waals surface area contributed by atoms with Gasteiger partial charge in [0.2, 0.25) is 0 Å². The monoisotopic (exact) mass is 293 g/mol. The van der Waals surface area contributed by atoms with Gasteiger partial charge in [-0.05, 0) is 12.1 Å². The number of carbonyl (C=O) groups is 2. The molecule has 2 amide bonds. The van der Waals surface area contributed by atoms with Crippen molar-refractivity contribution in [3.05, 3.63) is 24.3 Å². The molecule has 0 aromatic heterocycles. The average Bonchev–Trinajstić information content (AvgIpc) is 2.81. The van der Waals surface area contributed by atoms with Crippen LogP contribution in [0.15, 0.2) is 24.3 Å². The van der Waals surface area contributed by atoms with Gasteiger partial charge in [0, 0.05) is 27.1 Å². The van der Waals surface area contributed by atoms with Crippen LogP contribution >= 0.6 is 0 Å². The van der Waals surface area contributed by atoms with Gasteiger partial charge in [-0.1, -0.05) is 12.1 Å². The zero-order valence-electron chi connectivity index (χ0n) is 12.0. The van der Waals surface area contributed by atoms with E-state index in [2.05, 4.69) is 5.32 Å². The number of anilines is 2. The molecule has 21 heavy (non-hydrogen) atoms. The standard InChI is InChI=1S/C14H19N3O4/c1-16(2)11-6-4-3-5-10(11)15-14(21)17-8-9(18)7-12(17)13(19)20/h3-6,9,12,18H,7-8H2,1-2H3,(H,15,21)(H,19,20)/t9-,12-/m1/s1. The van der Waals surface area contributed by atoms with E-state index < -0.39 is 24.1 Å². The highest BCUT2D eigenvalue weighted by Crippen LogP contribution is 2.25. The van der Waals surface area contributed by atoms with Gasteiger partial charge in [-0.3, -0.25) is 0 Å². The molecular formula is C14H19N3O4. The molecule has 1 aromatic carbocycles. The van der Waals surface area contributed by atoms with Crippen LogP contribution in [0.5, 0.6) is 0 Å². The number of hydrogen-bond acceptors (Lipinski definition) is 4. The first kappa shape index (κ1) is 15.1. The highest BCUT2D eigenvalue weighted by atomic mass is 16.4. The van der Waals surface area contributed by atoms with E-state index in [1.54, 1.807) is 12.1 Å². The van der Waals surface area contributed by atoms with Gasteiger partial charge in [-0.2, -0.15) is 0 Å². The summed E-state index contributed by atoms with van der Waals surface area (Å²) in [5.41, 5.74) is 1.41. The first-order valence-corrected chi connectivity index (χ1v) is 6.65. The zero-order chi connectivity index (χ0) is 15.6. The number of carboxylic acids is 1. The summed E-state index contributed by atoms with van der Waals surface area (Å²) in [7, 11) is 3.70. The first-order chi connectivity index (χ1) is 9.90. The lowest BCUT2D eigenvalue weighted by Gasteiger charge is -2.23. The Morgan fingerprint density at radius 2 is 2.00 bits per heavy atom. The van der Waals surface area contributed by atoms with Crippen molar-refractivity contribution in [3.8, 4) is 0 Å². The molecule has 114 valence electrons. The van der Waals surface area contributed by atoms with Crippen LogP contribution in [0, 0.1) is 0 Å². The van der Waals surface area contributed by atoms with E-state index in [4.69, 9.17) is 5.11 Å². The lowest BCUT2D eigenvalue weighted by Crippen LogP contribution is -2.43. The summed E-state index contributed by atoms with van der Waals surface area (Å²) in [6.07, 6.45) is -0.751. The predicted octanol–water partition coefficient (Wildman–Crippen LogP) is 0.804. The lowest BCUT2D eigenvalue weighted by molar-refractivity contribution is -0.141. The van der Waals surface area contributed by atoms with Gasteiger partial charge in [0.25, 0.3) is 0 Å². The fourth-order valence-electron chi connectivity index (χ4n) is 2.43. The van der Waals surface area contributed by atoms with Crippen molar-refractivity contribution in [1.82, 2.24) is 4.90 Å². The van der Waals surface area contributed by atoms with Crippen LogP contribution in [0.25, 0.3) is 0 Å². The number of aliphatic hydroxyl groups excluding tert-OH is 1. The molecular weight excluding hydrogens is 274 g/mol. The van der Waals surface area contributed by atoms with E-state index in [0.29, 0.717) is 5.69 Å². The highest BCUT2D eigenvalue weighted by molar-refractivity contribution is 5.95. The molecule has 2 rings (SSSR count). The Hall–Kier alpha value is -2.28. The molecule has 1 saturated heterocycles. The topological polar surface area (TPSA) is 93.1 Å². The summed E-state index contributed by atoms with van der Waals surface area (Å²) < 4.78 is 0. The summed E-state index contributed by atoms with van der Waals surface area (Å²) in [6.45, 7) is 0.0208. The molecule has 0 saturated carbocycles. The Morgan fingerprint density at radius 1 is 1.33 bits per heavy atom. The Morgan fingerprint density at radius 3 is 2.62 bits per heavy atom. The van der Waals surface area contributed by atoms with Gasteiger partial charge in [-0.25, -0.2) is 9.59 Å². The largest absolute Gasteiger partial charge is 0.480 e. The van der Waals surface area contributed by atoms with Crippen LogP contribution < -0.4 is 10.2 Å². The van der Waals surface area contributed by atoms with Gasteiger partial charge in [0.1, 0.15) is 6.04 Å². The molecule has 0 unspecified atom stereocenters. The molecule has 0 aliphatic carbocycles. The number of hydrogen-bond donors (Lipinski definition) is 3. The Bertz CT molecular complexity index is 547. The van der Waals surface area contributed by atoms with Crippen LogP contribution in [0.3, 0.4) is 0 Å². The lowest BCUT2D eigenvalue weighted by atomic mass is 10.2. The molecule has 1 heterocycles. The minimum absolute atomic E-state index is 0.0208. The summed E-state index contributed by atoms with van der Waals surface area (Å²) >= 11 is 0. The van der Waals surface area contributed by atoms with Crippen molar-refractivity contribution < 1.29 is 19.8 Å². The third-order valence-corrected chi connectivity index (χ3v) is 3.45. The highest BCUT2D eigenvalue weighted by Gasteiger charge is 2.39. The van der Waals surface area contributed by atoms with Crippen molar-refractivity contribution in [2.24, 2.45) is 0 Å². The van der Waals surface area contributed by atoms with Crippen molar-refractivity contribution in [3.63, 3.8) is 0 Å². The van der Waals surface area contributed by atoms with Gasteiger partial charge < -0.3 is 25.3 Å². The van der Waals surface area contributed by atoms with Crippen LogP contribution in [0.4, 0.5) is 16.2 Å². The molecule has 7 nitrogen and oxygen atoms in total. The molecule has 1 aromatic rings. The number of urea groups is 1. The molecule has 2 atom stereocenters. The third-order valence-electron chi connectivity index (χ3n) is 3.45. The SMILES string of the molecule is CN(C)c1ccccc1NC(=O)N1C[C@H](O)C[C@@H]1C(=O)O. The van der Waals surface area contributed by atoms with Crippen molar-refractivity contribution in [1.29, 1.82) is 0 Å². The summed E-state index contributed by atoms with van der Waals surface area (Å²) in [4.78, 5) is 26.4. The summed E-state index contributed by atoms with van der Waals surface area (Å²) in [5.74, 6) is -1.11. The number of rotatable bonds is 3. The quantitative estimate of drug-likeness (QED) is 0.766. The van der Waals surface area contributed by atoms with Crippen molar-refractivity contribution >= 4 is 23.4 Å². The Balaban J connectivity index is 2.16. The second-order valence-corrected chi connectivity index (χ2v) is 5.24. The van der Waals surface area contributed by atoms with Crippen LogP contribution in [-0.2, 0) is 4.79 Å². The Labute approximate surface area is 122 Å². The van der Waals surface area contributed by atoms with Crippen molar-refractivity contribution in [2.45, 2.75) is 18.6 Å². The Kier molecular flexibility index (Phi) is 4.32. The van der Waals surface area contributed by atoms with Gasteiger partial charge in [-0.15, -0.1) is 0 Å². The number of nitrogens with zero attached hydrogens (tertiary/aromatic N) is 2. The smallest absolute Gasteiger partial charge is 0.326 e. The van der Waals surface area contributed by atoms with E-state index >= 15 is 0 Å². The van der Waals surface area contributed by atoms with Gasteiger partial charge in [0.15, 0.2) is 0 Å². The van der Waals surface area contributed by atoms with E-state index in [0.717, 1.165) is 10.6 Å². The molecule has 1 aliphatic rings. The second-order valence-electron chi connectivity index (χ2n) is 5.24. The number of amides is 2. The minimum Gasteiger partial charge on any atom is -0.480 e. The number of aliphatic hydroxyl groups is 1. The molecule has 0 radical (unpaired) electrons. The normalized spacial score (nSPS) is 21.2. The summed E-state index contributed by atoms with van der Waals surface area (Å²) in [6, 6.07) is 5.72. The molecule has 0 bridgehead atoms. The first-order valence-electron chi connectivity index (χ1n) is 6.65. The van der Waals surface area contributed by atoms with E-state index in [1.807, 2.05) is 31.1 Å². The number of β-amino-alcohol motifs (C(OH)–C–C–N with tert-alkyl or cyclic N) is 1. The molecule has 0 spiro atoms. The maximum atomic E-state index is 12.3. The average molecular weight is 293 g/mol. The maximum absolute atomic E-state index is 12.3. The third kappa shape index (κ3) is 3.25. The predicted molar refractivity (Wildman–Crippen MR) is 78.5 cm³/mol. The number of benzene rings is 1. The van der Waals surface area contributed by atoms with Crippen molar-refractivity contribution in [2.75, 3.05) is 30.9 Å². The molecule has 1 aliphatic heterocycles. The van der Waals surface area contributed by atoms with Gasteiger partial charge in [0.05, 0.1) is 17.5 Å². The van der Waals surface area contributed by atoms with Crippen LogP contribution in [0.2, 0.25) is 0 Å². The van der Waals surface area contributed by atoms with E-state index in [-0.39, 0.29) is 13.0 Å². The molecule has 3 N–H and O–H groups in total. The number of para-hydroxylation sites is 2. The molecule has 7 heteroatoms. The number of carboxylic acid groups (broad SMARTS) is 1. The zero-order valence-corrected chi connectivity index (χ0v) is 12.0.